The minimum absolute atomic E-state index is 0.0682. The highest BCUT2D eigenvalue weighted by molar-refractivity contribution is 5.85. The first-order chi connectivity index (χ1) is 7.10. The number of hydrogen-bond acceptors (Lipinski definition) is 4. The second kappa shape index (κ2) is 5.32. The van der Waals surface area contributed by atoms with Crippen molar-refractivity contribution < 1.29 is 5.21 Å². The molecule has 88 valence electrons. The maximum Gasteiger partial charge on any atom is 0.156 e. The average molecular weight is 214 g/mol. The van der Waals surface area contributed by atoms with Gasteiger partial charge in [-0.2, -0.15) is 0 Å². The van der Waals surface area contributed by atoms with Gasteiger partial charge in [-0.05, 0) is 20.4 Å². The molecule has 1 saturated heterocycles. The van der Waals surface area contributed by atoms with Crippen LogP contribution in [0, 0.1) is 0 Å². The molecular weight excluding hydrogens is 192 g/mol. The van der Waals surface area contributed by atoms with Crippen LogP contribution in [0.2, 0.25) is 0 Å². The molecule has 1 fully saturated rings. The molecule has 1 aliphatic rings. The Morgan fingerprint density at radius 2 is 2.27 bits per heavy atom. The van der Waals surface area contributed by atoms with E-state index in [9.17, 15) is 0 Å². The van der Waals surface area contributed by atoms with Crippen LogP contribution in [-0.2, 0) is 0 Å². The maximum absolute atomic E-state index is 8.73. The van der Waals surface area contributed by atoms with E-state index in [1.807, 2.05) is 0 Å². The van der Waals surface area contributed by atoms with Gasteiger partial charge in [0.1, 0.15) is 0 Å². The second-order valence-electron chi connectivity index (χ2n) is 4.30. The van der Waals surface area contributed by atoms with Gasteiger partial charge in [-0.1, -0.05) is 12.1 Å². The van der Waals surface area contributed by atoms with Crippen molar-refractivity contribution in [2.75, 3.05) is 26.7 Å². The highest BCUT2D eigenvalue weighted by Crippen LogP contribution is 2.14. The summed E-state index contributed by atoms with van der Waals surface area (Å²) >= 11 is 0. The van der Waals surface area contributed by atoms with Crippen molar-refractivity contribution >= 4 is 5.84 Å². The molecule has 5 nitrogen and oxygen atoms in total. The lowest BCUT2D eigenvalue weighted by Gasteiger charge is -2.42. The van der Waals surface area contributed by atoms with E-state index in [1.54, 1.807) is 0 Å². The molecule has 1 heterocycles. The van der Waals surface area contributed by atoms with Crippen molar-refractivity contribution in [3.05, 3.63) is 0 Å². The molecule has 0 aliphatic carbocycles. The lowest BCUT2D eigenvalue weighted by Crippen LogP contribution is -2.57. The number of likely N-dealkylation sites (N-methyl/N-ethyl adjacent to an activating group) is 1. The van der Waals surface area contributed by atoms with Crippen LogP contribution in [0.4, 0.5) is 0 Å². The number of oxime groups is 1. The highest BCUT2D eigenvalue weighted by Gasteiger charge is 2.29. The number of hydrogen-bond donors (Lipinski definition) is 2. The Hall–Kier alpha value is -0.810. The molecular formula is C10H22N4O. The molecule has 1 aliphatic heterocycles. The molecule has 0 aromatic carbocycles. The zero-order chi connectivity index (χ0) is 11.4. The van der Waals surface area contributed by atoms with Crippen LogP contribution in [0.3, 0.4) is 0 Å². The lowest BCUT2D eigenvalue weighted by atomic mass is 10.1. The van der Waals surface area contributed by atoms with Crippen molar-refractivity contribution in [1.29, 1.82) is 0 Å². The second-order valence-corrected chi connectivity index (χ2v) is 4.30. The van der Waals surface area contributed by atoms with Gasteiger partial charge in [0.15, 0.2) is 5.84 Å². The Morgan fingerprint density at radius 1 is 1.60 bits per heavy atom. The molecule has 0 radical (unpaired) electrons. The fourth-order valence-electron chi connectivity index (χ4n) is 2.30. The minimum atomic E-state index is 0.0682. The quantitative estimate of drug-likeness (QED) is 0.304. The average Bonchev–Trinajstić information content (AvgIpc) is 2.21. The third-order valence-electron chi connectivity index (χ3n) is 3.13. The number of amidine groups is 1. The number of rotatable bonds is 3. The summed E-state index contributed by atoms with van der Waals surface area (Å²) in [7, 11) is 2.12. The van der Waals surface area contributed by atoms with Crippen LogP contribution in [0.25, 0.3) is 0 Å². The van der Waals surface area contributed by atoms with Gasteiger partial charge < -0.3 is 15.8 Å². The Bertz CT molecular complexity index is 231. The zero-order valence-corrected chi connectivity index (χ0v) is 9.85. The number of nitrogens with zero attached hydrogens (tertiary/aromatic N) is 3. The fraction of sp³-hybridized carbons (Fsp3) is 0.900. The first-order valence-electron chi connectivity index (χ1n) is 5.51. The molecule has 5 heteroatoms. The van der Waals surface area contributed by atoms with Crippen molar-refractivity contribution in [2.24, 2.45) is 10.9 Å². The van der Waals surface area contributed by atoms with Gasteiger partial charge in [-0.25, -0.2) is 0 Å². The van der Waals surface area contributed by atoms with E-state index >= 15 is 0 Å². The monoisotopic (exact) mass is 214 g/mol. The van der Waals surface area contributed by atoms with E-state index < -0.39 is 0 Å². The smallest absolute Gasteiger partial charge is 0.156 e. The van der Waals surface area contributed by atoms with Crippen molar-refractivity contribution in [2.45, 2.75) is 32.4 Å². The largest absolute Gasteiger partial charge is 0.409 e. The minimum Gasteiger partial charge on any atom is -0.409 e. The zero-order valence-electron chi connectivity index (χ0n) is 9.85. The molecule has 1 rings (SSSR count). The molecule has 2 atom stereocenters. The van der Waals surface area contributed by atoms with Gasteiger partial charge in [0.25, 0.3) is 0 Å². The Kier molecular flexibility index (Phi) is 4.35. The maximum atomic E-state index is 8.73. The third kappa shape index (κ3) is 2.82. The van der Waals surface area contributed by atoms with Crippen molar-refractivity contribution in [3.8, 4) is 0 Å². The van der Waals surface area contributed by atoms with Gasteiger partial charge >= 0.3 is 0 Å². The molecule has 0 amide bonds. The molecule has 15 heavy (non-hydrogen) atoms. The predicted octanol–water partition coefficient (Wildman–Crippen LogP) is 0.147. The summed E-state index contributed by atoms with van der Waals surface area (Å²) in [5, 5.41) is 11.9. The first-order valence-corrected chi connectivity index (χ1v) is 5.51. The van der Waals surface area contributed by atoms with Gasteiger partial charge in [0.05, 0.1) is 6.04 Å². The van der Waals surface area contributed by atoms with Crippen LogP contribution in [0.15, 0.2) is 5.16 Å². The standard InChI is InChI=1S/C10H22N4O/c1-4-9(10(11)12-15)14-6-5-13(3)7-8(14)2/h8-9,15H,4-7H2,1-3H3,(H2,11,12). The highest BCUT2D eigenvalue weighted by atomic mass is 16.4. The Morgan fingerprint density at radius 3 is 2.73 bits per heavy atom. The first kappa shape index (κ1) is 12.3. The van der Waals surface area contributed by atoms with Crippen LogP contribution >= 0.6 is 0 Å². The predicted molar refractivity (Wildman–Crippen MR) is 61.2 cm³/mol. The summed E-state index contributed by atoms with van der Waals surface area (Å²) < 4.78 is 0. The molecule has 0 aromatic rings. The summed E-state index contributed by atoms with van der Waals surface area (Å²) in [4.78, 5) is 4.62. The van der Waals surface area contributed by atoms with Gasteiger partial charge in [0, 0.05) is 25.7 Å². The summed E-state index contributed by atoms with van der Waals surface area (Å²) in [5.41, 5.74) is 5.70. The molecule has 0 spiro atoms. The van der Waals surface area contributed by atoms with Crippen molar-refractivity contribution in [3.63, 3.8) is 0 Å². The summed E-state index contributed by atoms with van der Waals surface area (Å²) in [5.74, 6) is 0.328. The topological polar surface area (TPSA) is 65.1 Å². The van der Waals surface area contributed by atoms with E-state index in [0.29, 0.717) is 11.9 Å². The molecule has 0 aromatic heterocycles. The van der Waals surface area contributed by atoms with Crippen LogP contribution in [-0.4, -0.2) is 59.6 Å². The van der Waals surface area contributed by atoms with Gasteiger partial charge in [-0.3, -0.25) is 4.90 Å². The van der Waals surface area contributed by atoms with Crippen LogP contribution in [0.1, 0.15) is 20.3 Å². The summed E-state index contributed by atoms with van der Waals surface area (Å²) in [6.45, 7) is 7.30. The Balaban J connectivity index is 2.68. The third-order valence-corrected chi connectivity index (χ3v) is 3.13. The summed E-state index contributed by atoms with van der Waals surface area (Å²) in [6.07, 6.45) is 0.879. The SMILES string of the molecule is CCC(C(N)=NO)N1CCN(C)CC1C. The van der Waals surface area contributed by atoms with Crippen LogP contribution < -0.4 is 5.73 Å². The normalized spacial score (nSPS) is 27.9. The fourth-order valence-corrected chi connectivity index (χ4v) is 2.30. The van der Waals surface area contributed by atoms with E-state index in [0.717, 1.165) is 26.1 Å². The van der Waals surface area contributed by atoms with Crippen LogP contribution in [0.5, 0.6) is 0 Å². The van der Waals surface area contributed by atoms with E-state index in [2.05, 4.69) is 35.9 Å². The molecule has 0 saturated carbocycles. The van der Waals surface area contributed by atoms with Crippen molar-refractivity contribution in [1.82, 2.24) is 9.80 Å². The summed E-state index contributed by atoms with van der Waals surface area (Å²) in [6, 6.07) is 0.521. The number of piperazine rings is 1. The Labute approximate surface area is 91.5 Å². The molecule has 0 bridgehead atoms. The van der Waals surface area contributed by atoms with Gasteiger partial charge in [0.2, 0.25) is 0 Å². The number of nitrogens with two attached hydrogens (primary N) is 1. The van der Waals surface area contributed by atoms with E-state index in [1.165, 1.54) is 0 Å². The van der Waals surface area contributed by atoms with E-state index in [-0.39, 0.29) is 6.04 Å². The molecule has 3 N–H and O–H groups in total. The van der Waals surface area contributed by atoms with E-state index in [4.69, 9.17) is 10.9 Å². The lowest BCUT2D eigenvalue weighted by molar-refractivity contribution is 0.0807. The van der Waals surface area contributed by atoms with Gasteiger partial charge in [-0.15, -0.1) is 0 Å². The molecule has 2 unspecified atom stereocenters.